The zero-order valence-electron chi connectivity index (χ0n) is 16.9. The van der Waals surface area contributed by atoms with Crippen LogP contribution >= 0.6 is 0 Å². The summed E-state index contributed by atoms with van der Waals surface area (Å²) >= 11 is 0. The van der Waals surface area contributed by atoms with E-state index >= 15 is 0 Å². The molecule has 1 heterocycles. The standard InChI is InChI=1S/C23H27N3O3/c1-3-26(4-2)15-7-14-24-23(28)29-21-16-25-22(17-10-12-18(27)13-11-17)20-9-6-5-8-19(20)21/h5-6,8-13,16,27H,3-4,7,14-15H2,1-2H3,(H,24,28). The van der Waals surface area contributed by atoms with Gasteiger partial charge in [-0.15, -0.1) is 0 Å². The molecule has 0 atom stereocenters. The number of fused-ring (bicyclic) bond motifs is 1. The third-order valence-electron chi connectivity index (χ3n) is 4.92. The largest absolute Gasteiger partial charge is 0.508 e. The molecule has 0 saturated heterocycles. The number of nitrogens with zero attached hydrogens (tertiary/aromatic N) is 2. The highest BCUT2D eigenvalue weighted by molar-refractivity contribution is 5.98. The highest BCUT2D eigenvalue weighted by Crippen LogP contribution is 2.32. The molecule has 2 aromatic carbocycles. The number of rotatable bonds is 8. The summed E-state index contributed by atoms with van der Waals surface area (Å²) in [5.74, 6) is 0.625. The quantitative estimate of drug-likeness (QED) is 0.554. The summed E-state index contributed by atoms with van der Waals surface area (Å²) in [4.78, 5) is 19.1. The Balaban J connectivity index is 1.71. The predicted molar refractivity (Wildman–Crippen MR) is 115 cm³/mol. The summed E-state index contributed by atoms with van der Waals surface area (Å²) < 4.78 is 5.53. The van der Waals surface area contributed by atoms with E-state index in [9.17, 15) is 9.90 Å². The van der Waals surface area contributed by atoms with Crippen molar-refractivity contribution in [2.24, 2.45) is 0 Å². The van der Waals surface area contributed by atoms with E-state index in [1.54, 1.807) is 18.3 Å². The molecule has 2 N–H and O–H groups in total. The number of aromatic nitrogens is 1. The molecule has 0 radical (unpaired) electrons. The molecule has 0 aliphatic heterocycles. The normalized spacial score (nSPS) is 11.0. The molecule has 0 spiro atoms. The van der Waals surface area contributed by atoms with Crippen LogP contribution in [0, 0.1) is 0 Å². The molecule has 6 nitrogen and oxygen atoms in total. The predicted octanol–water partition coefficient (Wildman–Crippen LogP) is 4.43. The van der Waals surface area contributed by atoms with Gasteiger partial charge in [-0.3, -0.25) is 4.98 Å². The summed E-state index contributed by atoms with van der Waals surface area (Å²) in [6.45, 7) is 7.78. The van der Waals surface area contributed by atoms with Gasteiger partial charge in [0.2, 0.25) is 0 Å². The highest BCUT2D eigenvalue weighted by Gasteiger charge is 2.13. The SMILES string of the molecule is CCN(CC)CCCNC(=O)Oc1cnc(-c2ccc(O)cc2)c2ccccc12. The van der Waals surface area contributed by atoms with Crippen LogP contribution in [-0.2, 0) is 0 Å². The van der Waals surface area contributed by atoms with Gasteiger partial charge in [0.25, 0.3) is 0 Å². The van der Waals surface area contributed by atoms with E-state index < -0.39 is 6.09 Å². The first-order valence-electron chi connectivity index (χ1n) is 9.97. The van der Waals surface area contributed by atoms with E-state index in [1.807, 2.05) is 36.4 Å². The summed E-state index contributed by atoms with van der Waals surface area (Å²) in [5, 5.41) is 14.0. The molecule has 0 aliphatic carbocycles. The molecule has 3 aromatic rings. The number of nitrogens with one attached hydrogen (secondary N) is 1. The zero-order valence-corrected chi connectivity index (χ0v) is 16.9. The summed E-state index contributed by atoms with van der Waals surface area (Å²) in [5.41, 5.74) is 1.65. The van der Waals surface area contributed by atoms with Crippen molar-refractivity contribution in [2.75, 3.05) is 26.2 Å². The molecule has 152 valence electrons. The molecule has 1 aromatic heterocycles. The van der Waals surface area contributed by atoms with Gasteiger partial charge in [-0.1, -0.05) is 38.1 Å². The first kappa shape index (κ1) is 20.6. The van der Waals surface area contributed by atoms with Gasteiger partial charge in [0, 0.05) is 22.9 Å². The fourth-order valence-corrected chi connectivity index (χ4v) is 3.27. The molecule has 0 saturated carbocycles. The van der Waals surface area contributed by atoms with E-state index in [-0.39, 0.29) is 5.75 Å². The molecule has 3 rings (SSSR count). The Kier molecular flexibility index (Phi) is 7.03. The van der Waals surface area contributed by atoms with Crippen molar-refractivity contribution in [1.82, 2.24) is 15.2 Å². The van der Waals surface area contributed by atoms with Crippen LogP contribution in [0.2, 0.25) is 0 Å². The maximum Gasteiger partial charge on any atom is 0.412 e. The maximum atomic E-state index is 12.2. The minimum Gasteiger partial charge on any atom is -0.508 e. The Morgan fingerprint density at radius 3 is 2.45 bits per heavy atom. The van der Waals surface area contributed by atoms with Crippen molar-refractivity contribution in [1.29, 1.82) is 0 Å². The number of carbonyl (C=O) groups is 1. The van der Waals surface area contributed by atoms with Crippen molar-refractivity contribution in [3.05, 3.63) is 54.7 Å². The molecule has 29 heavy (non-hydrogen) atoms. The molecule has 1 amide bonds. The average Bonchev–Trinajstić information content (AvgIpc) is 2.75. The van der Waals surface area contributed by atoms with E-state index in [0.717, 1.165) is 48.1 Å². The van der Waals surface area contributed by atoms with Gasteiger partial charge in [-0.2, -0.15) is 0 Å². The van der Waals surface area contributed by atoms with Crippen LogP contribution < -0.4 is 10.1 Å². The van der Waals surface area contributed by atoms with Gasteiger partial charge in [0.15, 0.2) is 5.75 Å². The lowest BCUT2D eigenvalue weighted by Crippen LogP contribution is -2.31. The van der Waals surface area contributed by atoms with Crippen molar-refractivity contribution >= 4 is 16.9 Å². The third-order valence-corrected chi connectivity index (χ3v) is 4.92. The summed E-state index contributed by atoms with van der Waals surface area (Å²) in [7, 11) is 0. The molecular weight excluding hydrogens is 366 g/mol. The van der Waals surface area contributed by atoms with Gasteiger partial charge in [0.05, 0.1) is 11.9 Å². The molecule has 0 aliphatic rings. The number of pyridine rings is 1. The highest BCUT2D eigenvalue weighted by atomic mass is 16.6. The number of hydrogen-bond donors (Lipinski definition) is 2. The smallest absolute Gasteiger partial charge is 0.412 e. The van der Waals surface area contributed by atoms with Crippen molar-refractivity contribution < 1.29 is 14.6 Å². The van der Waals surface area contributed by atoms with Crippen LogP contribution in [0.5, 0.6) is 11.5 Å². The second-order valence-corrected chi connectivity index (χ2v) is 6.76. The molecule has 0 unspecified atom stereocenters. The Labute approximate surface area is 171 Å². The monoisotopic (exact) mass is 393 g/mol. The molecule has 0 bridgehead atoms. The van der Waals surface area contributed by atoms with Gasteiger partial charge >= 0.3 is 6.09 Å². The van der Waals surface area contributed by atoms with Crippen LogP contribution in [0.15, 0.2) is 54.7 Å². The van der Waals surface area contributed by atoms with E-state index in [2.05, 4.69) is 29.0 Å². The van der Waals surface area contributed by atoms with Crippen molar-refractivity contribution in [3.8, 4) is 22.8 Å². The Bertz CT molecular complexity index is 953. The number of aromatic hydroxyl groups is 1. The van der Waals surface area contributed by atoms with E-state index in [4.69, 9.17) is 4.74 Å². The Morgan fingerprint density at radius 2 is 1.76 bits per heavy atom. The summed E-state index contributed by atoms with van der Waals surface area (Å²) in [6, 6.07) is 14.6. The minimum absolute atomic E-state index is 0.204. The van der Waals surface area contributed by atoms with Crippen molar-refractivity contribution in [2.45, 2.75) is 20.3 Å². The van der Waals surface area contributed by atoms with Gasteiger partial charge in [-0.25, -0.2) is 4.79 Å². The van der Waals surface area contributed by atoms with Crippen LogP contribution in [0.4, 0.5) is 4.79 Å². The fraction of sp³-hybridized carbons (Fsp3) is 0.304. The minimum atomic E-state index is -0.478. The van der Waals surface area contributed by atoms with Gasteiger partial charge in [0.1, 0.15) is 5.75 Å². The lowest BCUT2D eigenvalue weighted by atomic mass is 10.0. The first-order valence-corrected chi connectivity index (χ1v) is 9.97. The average molecular weight is 393 g/mol. The maximum absolute atomic E-state index is 12.2. The van der Waals surface area contributed by atoms with Crippen LogP contribution in [0.1, 0.15) is 20.3 Å². The number of carbonyl (C=O) groups excluding carboxylic acids is 1. The number of phenolic OH excluding ortho intramolecular Hbond substituents is 1. The summed E-state index contributed by atoms with van der Waals surface area (Å²) in [6.07, 6.45) is 1.96. The number of amides is 1. The molecular formula is C23H27N3O3. The van der Waals surface area contributed by atoms with Crippen LogP contribution in [0.3, 0.4) is 0 Å². The van der Waals surface area contributed by atoms with Gasteiger partial charge in [-0.05, 0) is 50.3 Å². The van der Waals surface area contributed by atoms with E-state index in [1.165, 1.54) is 0 Å². The second kappa shape index (κ2) is 9.89. The lowest BCUT2D eigenvalue weighted by Gasteiger charge is -2.17. The topological polar surface area (TPSA) is 74.7 Å². The first-order chi connectivity index (χ1) is 14.1. The Hall–Kier alpha value is -3.12. The number of hydrogen-bond acceptors (Lipinski definition) is 5. The fourth-order valence-electron chi connectivity index (χ4n) is 3.27. The van der Waals surface area contributed by atoms with Crippen LogP contribution in [-0.4, -0.2) is 47.3 Å². The Morgan fingerprint density at radius 1 is 1.07 bits per heavy atom. The number of benzene rings is 2. The number of ether oxygens (including phenoxy) is 1. The van der Waals surface area contributed by atoms with Crippen molar-refractivity contribution in [3.63, 3.8) is 0 Å². The van der Waals surface area contributed by atoms with Crippen LogP contribution in [0.25, 0.3) is 22.0 Å². The van der Waals surface area contributed by atoms with E-state index in [0.29, 0.717) is 12.3 Å². The van der Waals surface area contributed by atoms with Gasteiger partial charge < -0.3 is 20.1 Å². The molecule has 6 heteroatoms. The molecule has 0 fully saturated rings. The second-order valence-electron chi connectivity index (χ2n) is 6.76. The number of phenols is 1. The third kappa shape index (κ3) is 5.23. The zero-order chi connectivity index (χ0) is 20.6. The lowest BCUT2D eigenvalue weighted by molar-refractivity contribution is 0.200.